The molecule has 6 N–H and O–H groups in total. The summed E-state index contributed by atoms with van der Waals surface area (Å²) >= 11 is 5.93. The Morgan fingerprint density at radius 1 is 0.698 bits per heavy atom. The number of nitrogens with one attached hydrogen (secondary N) is 1. The van der Waals surface area contributed by atoms with E-state index in [4.69, 9.17) is 20.3 Å². The number of para-hydroxylation sites is 4. The zero-order chi connectivity index (χ0) is 45.0. The minimum Gasteiger partial charge on any atom is -0.476 e. The van der Waals surface area contributed by atoms with Gasteiger partial charge in [0.1, 0.15) is 26.5 Å². The van der Waals surface area contributed by atoms with Crippen LogP contribution in [-0.2, 0) is 19.1 Å². The molecule has 0 spiro atoms. The van der Waals surface area contributed by atoms with Crippen molar-refractivity contribution >= 4 is 91.9 Å². The lowest BCUT2D eigenvalue weighted by molar-refractivity contribution is -0.157. The van der Waals surface area contributed by atoms with Crippen molar-refractivity contribution in [1.82, 2.24) is 9.97 Å². The molecule has 63 heavy (non-hydrogen) atoms. The monoisotopic (exact) mass is 932 g/mol. The van der Waals surface area contributed by atoms with Crippen molar-refractivity contribution in [2.24, 2.45) is 10.8 Å². The fourth-order valence-electron chi connectivity index (χ4n) is 7.04. The first-order valence-corrected chi connectivity index (χ1v) is 23.5. The summed E-state index contributed by atoms with van der Waals surface area (Å²) in [5, 5.41) is 39.9. The molecular weight excluding hydrogens is 885 g/mol. The zero-order valence-electron chi connectivity index (χ0n) is 34.6. The predicted octanol–water partition coefficient (Wildman–Crippen LogP) is 7.47. The van der Waals surface area contributed by atoms with Gasteiger partial charge in [-0.1, -0.05) is 36.4 Å². The molecular formula is C44H48N6O9S4. The molecule has 2 aromatic carbocycles. The Kier molecular flexibility index (Phi) is 16.0. The fraction of sp³-hybridized carbons (Fsp3) is 0.318. The first-order chi connectivity index (χ1) is 30.5. The Labute approximate surface area is 380 Å². The van der Waals surface area contributed by atoms with Gasteiger partial charge in [0, 0.05) is 36.9 Å². The van der Waals surface area contributed by atoms with Crippen molar-refractivity contribution in [2.75, 3.05) is 73.5 Å². The first-order valence-electron chi connectivity index (χ1n) is 20.0. The number of benzene rings is 2. The molecule has 6 aromatic rings. The van der Waals surface area contributed by atoms with E-state index in [-0.39, 0.29) is 43.4 Å². The number of hydrogen-bond donors (Lipinski definition) is 5. The van der Waals surface area contributed by atoms with E-state index in [2.05, 4.69) is 15.3 Å². The summed E-state index contributed by atoms with van der Waals surface area (Å²) in [6.07, 6.45) is 1.07. The topological polar surface area (TPSA) is 218 Å². The lowest BCUT2D eigenvalue weighted by Crippen LogP contribution is -2.39. The minimum absolute atomic E-state index is 0.119. The molecule has 15 nitrogen and oxygen atoms in total. The average molecular weight is 933 g/mol. The Bertz CT molecular complexity index is 2460. The SMILES string of the molecule is CCOC(=O)C1(CO)CCN(c2ccccc2N)C1.CCOC(=O)C1(CO)CCN(c2ccccc2NC(=O)c2csc(-c3cccs3)n2)C1.O=C(O)c1csc(-c2cccs2)n1. The lowest BCUT2D eigenvalue weighted by Gasteiger charge is -2.26. The normalized spacial score (nSPS) is 17.8. The van der Waals surface area contributed by atoms with E-state index in [1.807, 2.05) is 93.4 Å². The van der Waals surface area contributed by atoms with E-state index in [0.717, 1.165) is 31.1 Å². The quantitative estimate of drug-likeness (QED) is 0.0561. The van der Waals surface area contributed by atoms with Crippen LogP contribution in [0.3, 0.4) is 0 Å². The number of hydrogen-bond acceptors (Lipinski definition) is 17. The summed E-state index contributed by atoms with van der Waals surface area (Å²) in [5.74, 6) is -1.97. The number of nitrogen functional groups attached to an aromatic ring is 1. The minimum atomic E-state index is -0.973. The number of thiazole rings is 2. The van der Waals surface area contributed by atoms with Crippen LogP contribution in [0.5, 0.6) is 0 Å². The number of carboxylic acids is 1. The van der Waals surface area contributed by atoms with Gasteiger partial charge in [-0.2, -0.15) is 0 Å². The van der Waals surface area contributed by atoms with Crippen molar-refractivity contribution in [3.8, 4) is 19.8 Å². The number of carboxylic acid groups (broad SMARTS) is 1. The standard InChI is InChI=1S/C22H23N3O4S2.C14H20N2O3.C8H5NO2S2/c1-2-29-21(28)22(14-26)9-10-25(13-22)17-7-4-3-6-15(17)23-19(27)16-12-31-20(24-16)18-8-5-11-30-18;1-2-19-13(18)14(10-17)7-8-16(9-14)12-6-4-3-5-11(12)15;10-8(11)5-4-13-7(9-5)6-2-1-3-12-6/h3-8,11-12,26H,2,9-10,13-14H2,1H3,(H,23,27);3-6,17H,2,7-10,15H2,1H3;1-4H,(H,10,11). The van der Waals surface area contributed by atoms with Crippen LogP contribution in [0.4, 0.5) is 22.7 Å². The van der Waals surface area contributed by atoms with E-state index in [0.29, 0.717) is 62.7 Å². The van der Waals surface area contributed by atoms with Gasteiger partial charge in [0.05, 0.1) is 58.9 Å². The van der Waals surface area contributed by atoms with Crippen LogP contribution in [0.25, 0.3) is 19.8 Å². The van der Waals surface area contributed by atoms with Crippen LogP contribution in [0.2, 0.25) is 0 Å². The molecule has 2 aliphatic rings. The molecule has 1 amide bonds. The van der Waals surface area contributed by atoms with Crippen LogP contribution in [0.1, 0.15) is 47.7 Å². The van der Waals surface area contributed by atoms with Crippen LogP contribution in [0.15, 0.2) is 94.3 Å². The average Bonchev–Trinajstić information content (AvgIpc) is 4.15. The summed E-state index contributed by atoms with van der Waals surface area (Å²) in [4.78, 5) is 62.4. The molecule has 8 rings (SSSR count). The maximum absolute atomic E-state index is 12.8. The van der Waals surface area contributed by atoms with E-state index in [9.17, 15) is 29.4 Å². The number of aromatic carboxylic acids is 1. The van der Waals surface area contributed by atoms with Crippen molar-refractivity contribution in [3.05, 3.63) is 106 Å². The highest BCUT2D eigenvalue weighted by atomic mass is 32.1. The molecule has 2 saturated heterocycles. The summed E-state index contributed by atoms with van der Waals surface area (Å²) < 4.78 is 10.3. The third-order valence-electron chi connectivity index (χ3n) is 10.4. The molecule has 2 unspecified atom stereocenters. The van der Waals surface area contributed by atoms with E-state index < -0.39 is 16.8 Å². The Balaban J connectivity index is 0.000000175. The number of aliphatic hydroxyl groups excluding tert-OH is 2. The number of ether oxygens (including phenoxy) is 2. The van der Waals surface area contributed by atoms with Crippen LogP contribution in [0, 0.1) is 10.8 Å². The fourth-order valence-corrected chi connectivity index (χ4v) is 10.3. The largest absolute Gasteiger partial charge is 0.476 e. The van der Waals surface area contributed by atoms with Crippen LogP contribution < -0.4 is 20.9 Å². The highest BCUT2D eigenvalue weighted by Crippen LogP contribution is 2.39. The number of carbonyl (C=O) groups is 4. The van der Waals surface area contributed by atoms with Gasteiger partial charge in [-0.05, 0) is 73.8 Å². The van der Waals surface area contributed by atoms with Crippen molar-refractivity contribution < 1.29 is 44.0 Å². The second-order valence-corrected chi connectivity index (χ2v) is 18.1. The Morgan fingerprint density at radius 3 is 1.67 bits per heavy atom. The molecule has 6 heterocycles. The van der Waals surface area contributed by atoms with E-state index in [1.54, 1.807) is 47.3 Å². The number of amides is 1. The molecule has 2 fully saturated rings. The van der Waals surface area contributed by atoms with Gasteiger partial charge >= 0.3 is 17.9 Å². The Hall–Kier alpha value is -5.70. The van der Waals surface area contributed by atoms with Crippen molar-refractivity contribution in [2.45, 2.75) is 26.7 Å². The number of aliphatic hydroxyl groups is 2. The number of esters is 2. The number of carbonyl (C=O) groups excluding carboxylic acids is 3. The summed E-state index contributed by atoms with van der Waals surface area (Å²) in [6.45, 7) is 5.68. The number of nitrogens with zero attached hydrogens (tertiary/aromatic N) is 4. The van der Waals surface area contributed by atoms with Gasteiger partial charge in [0.25, 0.3) is 5.91 Å². The highest BCUT2D eigenvalue weighted by Gasteiger charge is 2.47. The number of aromatic nitrogens is 2. The van der Waals surface area contributed by atoms with Crippen molar-refractivity contribution in [3.63, 3.8) is 0 Å². The van der Waals surface area contributed by atoms with Gasteiger partial charge in [-0.15, -0.1) is 45.3 Å². The maximum atomic E-state index is 12.8. The molecule has 0 bridgehead atoms. The zero-order valence-corrected chi connectivity index (χ0v) is 37.9. The summed E-state index contributed by atoms with van der Waals surface area (Å²) in [6, 6.07) is 22.8. The molecule has 2 aliphatic heterocycles. The predicted molar refractivity (Wildman–Crippen MR) is 249 cm³/mol. The number of nitrogens with two attached hydrogens (primary N) is 1. The third kappa shape index (κ3) is 11.1. The first kappa shape index (κ1) is 46.8. The molecule has 0 radical (unpaired) electrons. The number of thiophene rings is 2. The molecule has 0 saturated carbocycles. The maximum Gasteiger partial charge on any atom is 0.355 e. The van der Waals surface area contributed by atoms with Crippen LogP contribution in [-0.4, -0.2) is 102 Å². The molecule has 2 atom stereocenters. The van der Waals surface area contributed by atoms with E-state index in [1.165, 1.54) is 22.7 Å². The highest BCUT2D eigenvalue weighted by molar-refractivity contribution is 7.20. The smallest absolute Gasteiger partial charge is 0.355 e. The summed E-state index contributed by atoms with van der Waals surface area (Å²) in [7, 11) is 0. The molecule has 0 aliphatic carbocycles. The second kappa shape index (κ2) is 21.6. The second-order valence-electron chi connectivity index (χ2n) is 14.5. The molecule has 19 heteroatoms. The number of rotatable bonds is 13. The van der Waals surface area contributed by atoms with Crippen molar-refractivity contribution in [1.29, 1.82) is 0 Å². The van der Waals surface area contributed by atoms with Gasteiger partial charge in [-0.25, -0.2) is 14.8 Å². The van der Waals surface area contributed by atoms with Gasteiger partial charge in [-0.3, -0.25) is 14.4 Å². The van der Waals surface area contributed by atoms with Gasteiger partial charge in [0.2, 0.25) is 0 Å². The van der Waals surface area contributed by atoms with E-state index >= 15 is 0 Å². The van der Waals surface area contributed by atoms with Gasteiger partial charge in [0.15, 0.2) is 5.69 Å². The Morgan fingerprint density at radius 2 is 1.19 bits per heavy atom. The lowest BCUT2D eigenvalue weighted by atomic mass is 9.88. The number of anilines is 4. The molecule has 4 aromatic heterocycles. The third-order valence-corrected chi connectivity index (χ3v) is 14.2. The van der Waals surface area contributed by atoms with Crippen LogP contribution >= 0.6 is 45.3 Å². The van der Waals surface area contributed by atoms with Gasteiger partial charge < -0.3 is 45.6 Å². The molecule has 332 valence electrons. The summed E-state index contributed by atoms with van der Waals surface area (Å²) in [5.41, 5.74) is 7.67.